The van der Waals surface area contributed by atoms with E-state index in [0.29, 0.717) is 0 Å². The Morgan fingerprint density at radius 2 is 1.57 bits per heavy atom. The third kappa shape index (κ3) is 5.21. The largest absolute Gasteiger partial charge is 0.290 e. The van der Waals surface area contributed by atoms with Gasteiger partial charge in [0.1, 0.15) is 0 Å². The standard InChI is InChI=1S/C13H23N/c1-2-10-13-11-8-6-4-3-5-7-9-12-14-13/h2,10H,3-9,11-12H2,1H3/b10-2+,14-13-. The van der Waals surface area contributed by atoms with Gasteiger partial charge in [-0.25, -0.2) is 0 Å². The molecule has 0 bridgehead atoms. The molecule has 0 aliphatic carbocycles. The van der Waals surface area contributed by atoms with Crippen molar-refractivity contribution in [3.8, 4) is 0 Å². The fourth-order valence-corrected chi connectivity index (χ4v) is 1.93. The predicted octanol–water partition coefficient (Wildman–Crippen LogP) is 4.14. The van der Waals surface area contributed by atoms with Crippen LogP contribution in [-0.4, -0.2) is 12.3 Å². The minimum absolute atomic E-state index is 1.04. The number of nitrogens with zero attached hydrogens (tertiary/aromatic N) is 1. The van der Waals surface area contributed by atoms with E-state index in [2.05, 4.69) is 24.1 Å². The van der Waals surface area contributed by atoms with E-state index >= 15 is 0 Å². The summed E-state index contributed by atoms with van der Waals surface area (Å²) in [4.78, 5) is 4.65. The molecular weight excluding hydrogens is 170 g/mol. The van der Waals surface area contributed by atoms with Crippen LogP contribution in [0.25, 0.3) is 0 Å². The monoisotopic (exact) mass is 193 g/mol. The lowest BCUT2D eigenvalue weighted by Gasteiger charge is -2.00. The summed E-state index contributed by atoms with van der Waals surface area (Å²) in [6.45, 7) is 3.12. The molecule has 0 saturated heterocycles. The first-order valence-electron chi connectivity index (χ1n) is 6.09. The van der Waals surface area contributed by atoms with Gasteiger partial charge in [-0.1, -0.05) is 38.2 Å². The third-order valence-electron chi connectivity index (χ3n) is 2.76. The van der Waals surface area contributed by atoms with Crippen LogP contribution in [0.2, 0.25) is 0 Å². The SMILES string of the molecule is C/C=C/C1=N/CCCCCCCCC1. The Morgan fingerprint density at radius 1 is 0.929 bits per heavy atom. The summed E-state index contributed by atoms with van der Waals surface area (Å²) in [6, 6.07) is 0. The number of allylic oxidation sites excluding steroid dienone is 2. The predicted molar refractivity (Wildman–Crippen MR) is 64.1 cm³/mol. The third-order valence-corrected chi connectivity index (χ3v) is 2.76. The van der Waals surface area contributed by atoms with Gasteiger partial charge < -0.3 is 0 Å². The minimum Gasteiger partial charge on any atom is -0.290 e. The molecule has 0 aromatic carbocycles. The molecule has 1 nitrogen and oxygen atoms in total. The topological polar surface area (TPSA) is 12.4 Å². The van der Waals surface area contributed by atoms with Crippen molar-refractivity contribution in [2.75, 3.05) is 6.54 Å². The molecule has 0 atom stereocenters. The van der Waals surface area contributed by atoms with Gasteiger partial charge in [0.2, 0.25) is 0 Å². The maximum atomic E-state index is 4.65. The highest BCUT2D eigenvalue weighted by Gasteiger charge is 1.98. The van der Waals surface area contributed by atoms with Crippen LogP contribution in [0.15, 0.2) is 17.1 Å². The highest BCUT2D eigenvalue weighted by atomic mass is 14.7. The Labute approximate surface area is 88.3 Å². The zero-order valence-electron chi connectivity index (χ0n) is 9.47. The molecule has 1 rings (SSSR count). The van der Waals surface area contributed by atoms with Gasteiger partial charge in [0.25, 0.3) is 0 Å². The molecule has 14 heavy (non-hydrogen) atoms. The van der Waals surface area contributed by atoms with E-state index in [1.165, 1.54) is 57.1 Å². The lowest BCUT2D eigenvalue weighted by Crippen LogP contribution is -1.95. The smallest absolute Gasteiger partial charge is 0.0392 e. The van der Waals surface area contributed by atoms with E-state index in [4.69, 9.17) is 0 Å². The van der Waals surface area contributed by atoms with Gasteiger partial charge in [-0.15, -0.1) is 0 Å². The zero-order chi connectivity index (χ0) is 10.1. The van der Waals surface area contributed by atoms with Crippen molar-refractivity contribution in [1.29, 1.82) is 0 Å². The van der Waals surface area contributed by atoms with Crippen LogP contribution in [0.3, 0.4) is 0 Å². The number of rotatable bonds is 1. The first-order valence-corrected chi connectivity index (χ1v) is 6.09. The van der Waals surface area contributed by atoms with Crippen molar-refractivity contribution < 1.29 is 0 Å². The van der Waals surface area contributed by atoms with Gasteiger partial charge in [0.05, 0.1) is 0 Å². The molecule has 0 fully saturated rings. The van der Waals surface area contributed by atoms with Crippen LogP contribution < -0.4 is 0 Å². The molecular formula is C13H23N. The van der Waals surface area contributed by atoms with E-state index < -0.39 is 0 Å². The average Bonchev–Trinajstić information content (AvgIpc) is 2.24. The fraction of sp³-hybridized carbons (Fsp3) is 0.769. The second kappa shape index (κ2) is 7.78. The maximum absolute atomic E-state index is 4.65. The second-order valence-corrected chi connectivity index (χ2v) is 4.10. The Balaban J connectivity index is 2.40. The molecule has 80 valence electrons. The summed E-state index contributed by atoms with van der Waals surface area (Å²) in [5.41, 5.74) is 1.31. The quantitative estimate of drug-likeness (QED) is 0.593. The van der Waals surface area contributed by atoms with Gasteiger partial charge in [0, 0.05) is 12.3 Å². The highest BCUT2D eigenvalue weighted by Crippen LogP contribution is 2.11. The lowest BCUT2D eigenvalue weighted by molar-refractivity contribution is 0.593. The van der Waals surface area contributed by atoms with Crippen molar-refractivity contribution >= 4 is 5.71 Å². The maximum Gasteiger partial charge on any atom is 0.0392 e. The molecule has 1 heteroatoms. The molecule has 1 aliphatic heterocycles. The van der Waals surface area contributed by atoms with E-state index in [-0.39, 0.29) is 0 Å². The minimum atomic E-state index is 1.04. The molecule has 0 amide bonds. The van der Waals surface area contributed by atoms with Crippen LogP contribution in [-0.2, 0) is 0 Å². The van der Waals surface area contributed by atoms with Gasteiger partial charge >= 0.3 is 0 Å². The number of aliphatic imine (C=N–C) groups is 1. The Kier molecular flexibility index (Phi) is 6.38. The van der Waals surface area contributed by atoms with Gasteiger partial charge in [-0.05, 0) is 32.3 Å². The number of hydrogen-bond donors (Lipinski definition) is 0. The van der Waals surface area contributed by atoms with Gasteiger partial charge in [0.15, 0.2) is 0 Å². The molecule has 0 aromatic rings. The zero-order valence-corrected chi connectivity index (χ0v) is 9.47. The Hall–Kier alpha value is -0.590. The summed E-state index contributed by atoms with van der Waals surface area (Å²) >= 11 is 0. The van der Waals surface area contributed by atoms with Crippen molar-refractivity contribution in [3.05, 3.63) is 12.2 Å². The molecule has 0 unspecified atom stereocenters. The molecule has 0 radical (unpaired) electrons. The molecule has 0 saturated carbocycles. The van der Waals surface area contributed by atoms with Gasteiger partial charge in [-0.2, -0.15) is 0 Å². The normalized spacial score (nSPS) is 25.4. The van der Waals surface area contributed by atoms with Crippen LogP contribution in [0.4, 0.5) is 0 Å². The Morgan fingerprint density at radius 3 is 2.29 bits per heavy atom. The average molecular weight is 193 g/mol. The van der Waals surface area contributed by atoms with Gasteiger partial charge in [-0.3, -0.25) is 4.99 Å². The van der Waals surface area contributed by atoms with Crippen LogP contribution in [0.5, 0.6) is 0 Å². The fourth-order valence-electron chi connectivity index (χ4n) is 1.93. The molecule has 0 N–H and O–H groups in total. The van der Waals surface area contributed by atoms with Crippen molar-refractivity contribution in [1.82, 2.24) is 0 Å². The second-order valence-electron chi connectivity index (χ2n) is 4.10. The lowest BCUT2D eigenvalue weighted by atomic mass is 10.1. The van der Waals surface area contributed by atoms with Crippen LogP contribution in [0.1, 0.15) is 58.3 Å². The summed E-state index contributed by atoms with van der Waals surface area (Å²) in [5, 5.41) is 0. The number of hydrogen-bond acceptors (Lipinski definition) is 1. The van der Waals surface area contributed by atoms with E-state index in [1.54, 1.807) is 0 Å². The van der Waals surface area contributed by atoms with Crippen LogP contribution >= 0.6 is 0 Å². The first kappa shape index (κ1) is 11.5. The molecule has 1 aliphatic rings. The molecule has 1 heterocycles. The van der Waals surface area contributed by atoms with E-state index in [1.807, 2.05) is 0 Å². The van der Waals surface area contributed by atoms with Crippen LogP contribution in [0, 0.1) is 0 Å². The highest BCUT2D eigenvalue weighted by molar-refractivity contribution is 5.94. The first-order chi connectivity index (χ1) is 6.93. The van der Waals surface area contributed by atoms with E-state index in [0.717, 1.165) is 6.54 Å². The summed E-state index contributed by atoms with van der Waals surface area (Å²) in [7, 11) is 0. The summed E-state index contributed by atoms with van der Waals surface area (Å²) < 4.78 is 0. The van der Waals surface area contributed by atoms with Crippen molar-refractivity contribution in [3.63, 3.8) is 0 Å². The Bertz CT molecular complexity index is 191. The van der Waals surface area contributed by atoms with Crippen molar-refractivity contribution in [2.45, 2.75) is 58.3 Å². The summed E-state index contributed by atoms with van der Waals surface area (Å²) in [6.07, 6.45) is 15.1. The summed E-state index contributed by atoms with van der Waals surface area (Å²) in [5.74, 6) is 0. The molecule has 0 aromatic heterocycles. The molecule has 0 spiro atoms. The van der Waals surface area contributed by atoms with E-state index in [9.17, 15) is 0 Å². The van der Waals surface area contributed by atoms with Crippen molar-refractivity contribution in [2.24, 2.45) is 4.99 Å².